The Morgan fingerprint density at radius 2 is 1.88 bits per heavy atom. The molecule has 0 fully saturated rings. The first-order chi connectivity index (χ1) is 15.9. The summed E-state index contributed by atoms with van der Waals surface area (Å²) in [6, 6.07) is 20.6. The topological polar surface area (TPSA) is 109 Å². The van der Waals surface area contributed by atoms with Crippen LogP contribution in [0.3, 0.4) is 0 Å². The van der Waals surface area contributed by atoms with Gasteiger partial charge in [-0.25, -0.2) is 4.79 Å². The number of aromatic carboxylic acids is 1. The van der Waals surface area contributed by atoms with Gasteiger partial charge in [0, 0.05) is 11.8 Å². The molecule has 33 heavy (non-hydrogen) atoms. The van der Waals surface area contributed by atoms with E-state index >= 15 is 0 Å². The van der Waals surface area contributed by atoms with E-state index in [4.69, 9.17) is 14.6 Å². The Labute approximate surface area is 204 Å². The maximum absolute atomic E-state index is 12.5. The van der Waals surface area contributed by atoms with Crippen molar-refractivity contribution in [2.45, 2.75) is 6.61 Å². The number of nitriles is 1. The van der Waals surface area contributed by atoms with Crippen LogP contribution >= 0.6 is 22.6 Å². The predicted octanol–water partition coefficient (Wildman–Crippen LogP) is 5.12. The number of carboxylic acid groups (broad SMARTS) is 1. The molecule has 8 heteroatoms. The average Bonchev–Trinajstić information content (AvgIpc) is 2.82. The zero-order valence-corrected chi connectivity index (χ0v) is 19.7. The van der Waals surface area contributed by atoms with E-state index in [1.807, 2.05) is 6.07 Å². The van der Waals surface area contributed by atoms with E-state index in [0.717, 1.165) is 9.13 Å². The molecule has 0 spiro atoms. The highest BCUT2D eigenvalue weighted by Crippen LogP contribution is 2.25. The summed E-state index contributed by atoms with van der Waals surface area (Å²) in [5.74, 6) is -0.270. The summed E-state index contributed by atoms with van der Waals surface area (Å²) >= 11 is 2.12. The van der Waals surface area contributed by atoms with Crippen molar-refractivity contribution in [3.8, 4) is 17.6 Å². The molecule has 0 radical (unpaired) electrons. The first kappa shape index (κ1) is 23.8. The zero-order valence-electron chi connectivity index (χ0n) is 17.5. The highest BCUT2D eigenvalue weighted by atomic mass is 127. The molecule has 0 aliphatic rings. The molecule has 0 aromatic heterocycles. The number of carboxylic acids is 1. The van der Waals surface area contributed by atoms with Crippen molar-refractivity contribution >= 4 is 46.2 Å². The van der Waals surface area contributed by atoms with Crippen LogP contribution in [0, 0.1) is 14.9 Å². The second kappa shape index (κ2) is 11.2. The summed E-state index contributed by atoms with van der Waals surface area (Å²) in [5.41, 5.74) is 2.21. The largest absolute Gasteiger partial charge is 0.497 e. The molecule has 0 aliphatic heterocycles. The molecule has 3 rings (SSSR count). The normalized spacial score (nSPS) is 10.8. The highest BCUT2D eigenvalue weighted by molar-refractivity contribution is 14.1. The fourth-order valence-corrected chi connectivity index (χ4v) is 3.54. The number of nitrogens with one attached hydrogen (secondary N) is 1. The Balaban J connectivity index is 1.68. The van der Waals surface area contributed by atoms with Crippen molar-refractivity contribution in [2.24, 2.45) is 0 Å². The number of rotatable bonds is 8. The molecule has 3 aromatic carbocycles. The lowest BCUT2D eigenvalue weighted by Gasteiger charge is -2.10. The van der Waals surface area contributed by atoms with Crippen LogP contribution in [0.1, 0.15) is 21.5 Å². The van der Waals surface area contributed by atoms with Gasteiger partial charge in [-0.1, -0.05) is 24.3 Å². The van der Waals surface area contributed by atoms with Crippen LogP contribution in [0.15, 0.2) is 72.3 Å². The molecule has 0 atom stereocenters. The maximum Gasteiger partial charge on any atom is 0.335 e. The van der Waals surface area contributed by atoms with Gasteiger partial charge in [-0.3, -0.25) is 4.79 Å². The molecular formula is C25H19IN2O5. The molecule has 0 saturated heterocycles. The number of nitrogens with zero attached hydrogens (tertiary/aromatic N) is 1. The van der Waals surface area contributed by atoms with Crippen molar-refractivity contribution in [3.63, 3.8) is 0 Å². The Bertz CT molecular complexity index is 1250. The average molecular weight is 554 g/mol. The highest BCUT2D eigenvalue weighted by Gasteiger charge is 2.11. The molecule has 0 saturated carbocycles. The second-order valence-electron chi connectivity index (χ2n) is 6.84. The molecule has 7 nitrogen and oxygen atoms in total. The standard InChI is InChI=1S/C25H19IN2O5/c1-32-21-4-2-3-20(13-21)28-24(29)19(14-27)11-17-7-10-23(22(26)12-17)33-15-16-5-8-18(9-6-16)25(30)31/h2-13H,15H2,1H3,(H,28,29)(H,30,31)/b19-11-. The third kappa shape index (κ3) is 6.57. The molecule has 166 valence electrons. The van der Waals surface area contributed by atoms with Gasteiger partial charge in [0.15, 0.2) is 0 Å². The number of hydrogen-bond donors (Lipinski definition) is 2. The first-order valence-electron chi connectivity index (χ1n) is 9.71. The van der Waals surface area contributed by atoms with Crippen molar-refractivity contribution in [1.29, 1.82) is 5.26 Å². The van der Waals surface area contributed by atoms with Gasteiger partial charge in [0.1, 0.15) is 29.7 Å². The molecule has 0 bridgehead atoms. The Hall–Kier alpha value is -3.84. The molecule has 2 N–H and O–H groups in total. The number of ether oxygens (including phenoxy) is 2. The molecule has 0 unspecified atom stereocenters. The number of benzene rings is 3. The lowest BCUT2D eigenvalue weighted by atomic mass is 10.1. The fourth-order valence-electron chi connectivity index (χ4n) is 2.84. The van der Waals surface area contributed by atoms with Crippen molar-refractivity contribution in [2.75, 3.05) is 12.4 Å². The summed E-state index contributed by atoms with van der Waals surface area (Å²) in [6.07, 6.45) is 1.51. The van der Waals surface area contributed by atoms with Crippen LogP contribution in [-0.2, 0) is 11.4 Å². The monoisotopic (exact) mass is 554 g/mol. The minimum Gasteiger partial charge on any atom is -0.497 e. The van der Waals surface area contributed by atoms with Gasteiger partial charge in [0.25, 0.3) is 5.91 Å². The fraction of sp³-hybridized carbons (Fsp3) is 0.0800. The number of carbonyl (C=O) groups is 2. The van der Waals surface area contributed by atoms with E-state index in [9.17, 15) is 14.9 Å². The van der Waals surface area contributed by atoms with Crippen LogP contribution in [0.4, 0.5) is 5.69 Å². The van der Waals surface area contributed by atoms with Gasteiger partial charge < -0.3 is 19.9 Å². The Kier molecular flexibility index (Phi) is 8.05. The van der Waals surface area contributed by atoms with E-state index < -0.39 is 11.9 Å². The van der Waals surface area contributed by atoms with Crippen LogP contribution in [-0.4, -0.2) is 24.1 Å². The molecule has 0 aliphatic carbocycles. The molecular weight excluding hydrogens is 535 g/mol. The van der Waals surface area contributed by atoms with Crippen molar-refractivity contribution < 1.29 is 24.2 Å². The summed E-state index contributed by atoms with van der Waals surface area (Å²) < 4.78 is 11.8. The van der Waals surface area contributed by atoms with Gasteiger partial charge in [-0.2, -0.15) is 5.26 Å². The molecule has 1 amide bonds. The third-order valence-electron chi connectivity index (χ3n) is 4.55. The number of methoxy groups -OCH3 is 1. The Morgan fingerprint density at radius 3 is 2.52 bits per heavy atom. The van der Waals surface area contributed by atoms with Crippen LogP contribution in [0.25, 0.3) is 6.08 Å². The summed E-state index contributed by atoms with van der Waals surface area (Å²) in [6.45, 7) is 0.275. The summed E-state index contributed by atoms with van der Waals surface area (Å²) in [4.78, 5) is 23.5. The number of anilines is 1. The number of halogens is 1. The van der Waals surface area contributed by atoms with Gasteiger partial charge in [-0.15, -0.1) is 0 Å². The van der Waals surface area contributed by atoms with Crippen LogP contribution < -0.4 is 14.8 Å². The van der Waals surface area contributed by atoms with E-state index in [0.29, 0.717) is 22.7 Å². The maximum atomic E-state index is 12.5. The number of amides is 1. The lowest BCUT2D eigenvalue weighted by molar-refractivity contribution is -0.112. The summed E-state index contributed by atoms with van der Waals surface area (Å²) in [5, 5.41) is 21.1. The minimum atomic E-state index is -0.977. The van der Waals surface area contributed by atoms with Gasteiger partial charge in [-0.05, 0) is 76.2 Å². The number of carbonyl (C=O) groups excluding carboxylic acids is 1. The van der Waals surface area contributed by atoms with E-state index in [1.165, 1.54) is 25.3 Å². The van der Waals surface area contributed by atoms with Gasteiger partial charge >= 0.3 is 5.97 Å². The van der Waals surface area contributed by atoms with E-state index in [1.54, 1.807) is 54.6 Å². The third-order valence-corrected chi connectivity index (χ3v) is 5.40. The lowest BCUT2D eigenvalue weighted by Crippen LogP contribution is -2.13. The van der Waals surface area contributed by atoms with E-state index in [-0.39, 0.29) is 17.7 Å². The van der Waals surface area contributed by atoms with Crippen LogP contribution in [0.2, 0.25) is 0 Å². The van der Waals surface area contributed by atoms with E-state index in [2.05, 4.69) is 27.9 Å². The predicted molar refractivity (Wildman–Crippen MR) is 132 cm³/mol. The smallest absolute Gasteiger partial charge is 0.335 e. The van der Waals surface area contributed by atoms with Crippen molar-refractivity contribution in [1.82, 2.24) is 0 Å². The quantitative estimate of drug-likeness (QED) is 0.227. The molecule has 3 aromatic rings. The molecule has 0 heterocycles. The minimum absolute atomic E-state index is 0.0409. The zero-order chi connectivity index (χ0) is 23.8. The van der Waals surface area contributed by atoms with Gasteiger partial charge in [0.05, 0.1) is 16.2 Å². The first-order valence-corrected chi connectivity index (χ1v) is 10.8. The van der Waals surface area contributed by atoms with Gasteiger partial charge in [0.2, 0.25) is 0 Å². The Morgan fingerprint density at radius 1 is 1.12 bits per heavy atom. The summed E-state index contributed by atoms with van der Waals surface area (Å²) in [7, 11) is 1.53. The van der Waals surface area contributed by atoms with Crippen molar-refractivity contribution in [3.05, 3.63) is 92.6 Å². The number of hydrogen-bond acceptors (Lipinski definition) is 5. The second-order valence-corrected chi connectivity index (χ2v) is 8.00. The SMILES string of the molecule is COc1cccc(NC(=O)/C(C#N)=C\c2ccc(OCc3ccc(C(=O)O)cc3)c(I)c2)c1. The van der Waals surface area contributed by atoms with Crippen LogP contribution in [0.5, 0.6) is 11.5 Å².